The highest BCUT2D eigenvalue weighted by Gasteiger charge is 2.05. The molecule has 0 aromatic heterocycles. The molecule has 0 spiro atoms. The van der Waals surface area contributed by atoms with Crippen molar-refractivity contribution >= 4 is 35.1 Å². The van der Waals surface area contributed by atoms with Crippen LogP contribution < -0.4 is 10.1 Å². The summed E-state index contributed by atoms with van der Waals surface area (Å²) in [6.45, 7) is 1.95. The Morgan fingerprint density at radius 2 is 2.05 bits per heavy atom. The van der Waals surface area contributed by atoms with Crippen LogP contribution in [-0.2, 0) is 14.3 Å². The number of esters is 1. The molecule has 120 valence electrons. The van der Waals surface area contributed by atoms with Gasteiger partial charge in [0.05, 0.1) is 18.7 Å². The van der Waals surface area contributed by atoms with Gasteiger partial charge in [-0.15, -0.1) is 0 Å². The van der Waals surface area contributed by atoms with Crippen LogP contribution in [0.1, 0.15) is 19.8 Å². The van der Waals surface area contributed by atoms with Crippen molar-refractivity contribution < 1.29 is 19.1 Å². The van der Waals surface area contributed by atoms with Gasteiger partial charge in [-0.3, -0.25) is 4.79 Å². The average molecular weight is 346 g/mol. The molecule has 1 amide bonds. The number of nitrogens with one attached hydrogen (secondary N) is 1. The van der Waals surface area contributed by atoms with Gasteiger partial charge in [0.1, 0.15) is 5.75 Å². The summed E-state index contributed by atoms with van der Waals surface area (Å²) in [6.07, 6.45) is 1.98. The normalized spacial score (nSPS) is 11.0. The minimum absolute atomic E-state index is 0.205. The number of methoxy groups -OCH3 is 1. The minimum atomic E-state index is -0.515. The van der Waals surface area contributed by atoms with E-state index >= 15 is 0 Å². The van der Waals surface area contributed by atoms with Crippen molar-refractivity contribution in [3.8, 4) is 5.75 Å². The van der Waals surface area contributed by atoms with E-state index in [0.717, 1.165) is 0 Å². The molecule has 0 atom stereocenters. The third-order valence-electron chi connectivity index (χ3n) is 2.57. The topological polar surface area (TPSA) is 64.6 Å². The zero-order valence-electron chi connectivity index (χ0n) is 12.3. The molecule has 0 fully saturated rings. The SMILES string of the molecule is COC(=O)/C=C(\C)NC(=O)CCCOc1ccc(Cl)cc1Cl. The fourth-order valence-electron chi connectivity index (χ4n) is 1.56. The molecule has 0 radical (unpaired) electrons. The van der Waals surface area contributed by atoms with Crippen molar-refractivity contribution in [2.45, 2.75) is 19.8 Å². The zero-order chi connectivity index (χ0) is 16.5. The lowest BCUT2D eigenvalue weighted by molar-refractivity contribution is -0.134. The van der Waals surface area contributed by atoms with Crippen molar-refractivity contribution in [1.29, 1.82) is 0 Å². The monoisotopic (exact) mass is 345 g/mol. The molecule has 1 aromatic rings. The lowest BCUT2D eigenvalue weighted by Gasteiger charge is -2.08. The van der Waals surface area contributed by atoms with Crippen LogP contribution in [0.4, 0.5) is 0 Å². The Kier molecular flexibility index (Phi) is 7.77. The maximum absolute atomic E-state index is 11.6. The molecule has 0 saturated heterocycles. The summed E-state index contributed by atoms with van der Waals surface area (Å²) in [7, 11) is 1.27. The van der Waals surface area contributed by atoms with Gasteiger partial charge in [-0.25, -0.2) is 4.79 Å². The number of allylic oxidation sites excluding steroid dienone is 1. The number of hydrogen-bond acceptors (Lipinski definition) is 4. The Labute approximate surface area is 139 Å². The number of benzene rings is 1. The number of carbonyl (C=O) groups is 2. The highest BCUT2D eigenvalue weighted by molar-refractivity contribution is 6.35. The second kappa shape index (κ2) is 9.33. The predicted octanol–water partition coefficient (Wildman–Crippen LogP) is 3.35. The molecule has 0 aliphatic rings. The summed E-state index contributed by atoms with van der Waals surface area (Å²) in [6, 6.07) is 4.94. The van der Waals surface area contributed by atoms with E-state index in [1.807, 2.05) is 0 Å². The van der Waals surface area contributed by atoms with Crippen LogP contribution >= 0.6 is 23.2 Å². The molecule has 22 heavy (non-hydrogen) atoms. The molecular formula is C15H17Cl2NO4. The summed E-state index contributed by atoms with van der Waals surface area (Å²) in [5, 5.41) is 3.54. The van der Waals surface area contributed by atoms with Gasteiger partial charge >= 0.3 is 5.97 Å². The van der Waals surface area contributed by atoms with Gasteiger partial charge in [-0.2, -0.15) is 0 Å². The summed E-state index contributed by atoms with van der Waals surface area (Å²) < 4.78 is 9.93. The van der Waals surface area contributed by atoms with Crippen molar-refractivity contribution in [2.24, 2.45) is 0 Å². The average Bonchev–Trinajstić information content (AvgIpc) is 2.45. The third kappa shape index (κ3) is 6.83. The lowest BCUT2D eigenvalue weighted by atomic mass is 10.3. The zero-order valence-corrected chi connectivity index (χ0v) is 13.8. The number of hydrogen-bond donors (Lipinski definition) is 1. The fourth-order valence-corrected chi connectivity index (χ4v) is 2.02. The number of ether oxygens (including phenoxy) is 2. The van der Waals surface area contributed by atoms with Crippen molar-refractivity contribution in [1.82, 2.24) is 5.32 Å². The summed E-state index contributed by atoms with van der Waals surface area (Å²) in [5.41, 5.74) is 0.429. The van der Waals surface area contributed by atoms with Crippen LogP contribution in [0.15, 0.2) is 30.0 Å². The van der Waals surface area contributed by atoms with Crippen LogP contribution in [0.2, 0.25) is 10.0 Å². The largest absolute Gasteiger partial charge is 0.492 e. The molecule has 0 bridgehead atoms. The van der Waals surface area contributed by atoms with Gasteiger partial charge < -0.3 is 14.8 Å². The maximum atomic E-state index is 11.6. The molecule has 0 unspecified atom stereocenters. The van der Waals surface area contributed by atoms with E-state index in [2.05, 4.69) is 10.1 Å². The van der Waals surface area contributed by atoms with E-state index in [9.17, 15) is 9.59 Å². The van der Waals surface area contributed by atoms with Crippen LogP contribution in [0.5, 0.6) is 5.75 Å². The van der Waals surface area contributed by atoms with E-state index in [1.165, 1.54) is 13.2 Å². The first-order valence-corrected chi connectivity index (χ1v) is 7.32. The quantitative estimate of drug-likeness (QED) is 0.467. The van der Waals surface area contributed by atoms with Crippen LogP contribution in [0.3, 0.4) is 0 Å². The first kappa shape index (κ1) is 18.3. The van der Waals surface area contributed by atoms with E-state index in [4.69, 9.17) is 27.9 Å². The smallest absolute Gasteiger partial charge is 0.332 e. The molecule has 1 N–H and O–H groups in total. The molecule has 7 heteroatoms. The molecule has 0 saturated carbocycles. The highest BCUT2D eigenvalue weighted by atomic mass is 35.5. The molecule has 0 aliphatic carbocycles. The number of carbonyl (C=O) groups excluding carboxylic acids is 2. The van der Waals surface area contributed by atoms with Gasteiger partial charge in [-0.1, -0.05) is 23.2 Å². The predicted molar refractivity (Wildman–Crippen MR) is 85.1 cm³/mol. The Balaban J connectivity index is 2.31. The van der Waals surface area contributed by atoms with E-state index in [1.54, 1.807) is 25.1 Å². The number of amides is 1. The molecule has 5 nitrogen and oxygen atoms in total. The second-order valence-electron chi connectivity index (χ2n) is 4.43. The van der Waals surface area contributed by atoms with Gasteiger partial charge in [-0.05, 0) is 31.5 Å². The standard InChI is InChI=1S/C15H17Cl2NO4/c1-10(8-15(20)21-2)18-14(19)4-3-7-22-13-6-5-11(16)9-12(13)17/h5-6,8-9H,3-4,7H2,1-2H3,(H,18,19)/b10-8+. The lowest BCUT2D eigenvalue weighted by Crippen LogP contribution is -2.22. The van der Waals surface area contributed by atoms with Gasteiger partial charge in [0.25, 0.3) is 0 Å². The maximum Gasteiger partial charge on any atom is 0.332 e. The van der Waals surface area contributed by atoms with E-state index in [0.29, 0.717) is 34.5 Å². The molecule has 1 rings (SSSR count). The number of halogens is 2. The van der Waals surface area contributed by atoms with Crippen LogP contribution in [0, 0.1) is 0 Å². The Morgan fingerprint density at radius 1 is 1.32 bits per heavy atom. The first-order chi connectivity index (χ1) is 10.4. The van der Waals surface area contributed by atoms with Gasteiger partial charge in [0, 0.05) is 23.2 Å². The van der Waals surface area contributed by atoms with Crippen LogP contribution in [0.25, 0.3) is 0 Å². The first-order valence-electron chi connectivity index (χ1n) is 6.56. The molecule has 0 heterocycles. The van der Waals surface area contributed by atoms with Crippen molar-refractivity contribution in [3.63, 3.8) is 0 Å². The minimum Gasteiger partial charge on any atom is -0.492 e. The Hall–Kier alpha value is -1.72. The fraction of sp³-hybridized carbons (Fsp3) is 0.333. The van der Waals surface area contributed by atoms with Crippen molar-refractivity contribution in [2.75, 3.05) is 13.7 Å². The molecule has 0 aliphatic heterocycles. The van der Waals surface area contributed by atoms with E-state index in [-0.39, 0.29) is 12.3 Å². The summed E-state index contributed by atoms with van der Waals surface area (Å²) in [4.78, 5) is 22.6. The number of rotatable bonds is 7. The third-order valence-corrected chi connectivity index (χ3v) is 3.10. The molecule has 1 aromatic carbocycles. The second-order valence-corrected chi connectivity index (χ2v) is 5.27. The van der Waals surface area contributed by atoms with Gasteiger partial charge in [0.2, 0.25) is 5.91 Å². The molecular weight excluding hydrogens is 329 g/mol. The van der Waals surface area contributed by atoms with Crippen LogP contribution in [-0.4, -0.2) is 25.6 Å². The Bertz CT molecular complexity index is 573. The van der Waals surface area contributed by atoms with E-state index < -0.39 is 5.97 Å². The van der Waals surface area contributed by atoms with Crippen molar-refractivity contribution in [3.05, 3.63) is 40.0 Å². The summed E-state index contributed by atoms with van der Waals surface area (Å²) >= 11 is 11.7. The van der Waals surface area contributed by atoms with Gasteiger partial charge in [0.15, 0.2) is 0 Å². The highest BCUT2D eigenvalue weighted by Crippen LogP contribution is 2.27. The summed E-state index contributed by atoms with van der Waals surface area (Å²) in [5.74, 6) is -0.199. The Morgan fingerprint density at radius 3 is 2.68 bits per heavy atom.